The molecular weight excluding hydrogens is 276 g/mol. The van der Waals surface area contributed by atoms with Crippen LogP contribution in [-0.2, 0) is 6.42 Å². The van der Waals surface area contributed by atoms with Crippen LogP contribution in [0, 0.1) is 0 Å². The van der Waals surface area contributed by atoms with Crippen molar-refractivity contribution in [2.24, 2.45) is 0 Å². The lowest BCUT2D eigenvalue weighted by molar-refractivity contribution is 0.0197. The SMILES string of the molecule is [2H]C1(c2ccc(O)c(O)c2)Oc2cc(O)cc(O)c2C[C@H]1O. The molecule has 0 saturated heterocycles. The maximum absolute atomic E-state index is 10.3. The van der Waals surface area contributed by atoms with Gasteiger partial charge < -0.3 is 30.3 Å². The number of phenols is 4. The minimum Gasteiger partial charge on any atom is -0.508 e. The molecule has 0 bridgehead atoms. The monoisotopic (exact) mass is 291 g/mol. The summed E-state index contributed by atoms with van der Waals surface area (Å²) in [6, 6.07) is 6.02. The minimum absolute atomic E-state index is 0.0629. The van der Waals surface area contributed by atoms with E-state index < -0.39 is 17.9 Å². The normalized spacial score (nSPS) is 24.8. The fourth-order valence-corrected chi connectivity index (χ4v) is 2.31. The summed E-state index contributed by atoms with van der Waals surface area (Å²) in [6.07, 6.45) is -3.33. The Morgan fingerprint density at radius 2 is 1.76 bits per heavy atom. The van der Waals surface area contributed by atoms with Gasteiger partial charge in [-0.15, -0.1) is 0 Å². The first-order valence-corrected chi connectivity index (χ1v) is 6.25. The van der Waals surface area contributed by atoms with Crippen LogP contribution in [0.2, 0.25) is 0 Å². The highest BCUT2D eigenvalue weighted by Crippen LogP contribution is 2.42. The van der Waals surface area contributed by atoms with E-state index in [1.54, 1.807) is 0 Å². The maximum atomic E-state index is 10.3. The summed E-state index contributed by atoms with van der Waals surface area (Å²) in [5, 5.41) is 48.5. The van der Waals surface area contributed by atoms with E-state index in [1.807, 2.05) is 0 Å². The van der Waals surface area contributed by atoms with Gasteiger partial charge in [0.15, 0.2) is 11.5 Å². The van der Waals surface area contributed by atoms with Gasteiger partial charge >= 0.3 is 0 Å². The Morgan fingerprint density at radius 3 is 2.48 bits per heavy atom. The van der Waals surface area contributed by atoms with Gasteiger partial charge in [0.1, 0.15) is 23.3 Å². The molecule has 0 amide bonds. The molecule has 0 aliphatic carbocycles. The summed E-state index contributed by atoms with van der Waals surface area (Å²) in [5.41, 5.74) is 0.417. The summed E-state index contributed by atoms with van der Waals surface area (Å²) >= 11 is 0. The van der Waals surface area contributed by atoms with Crippen molar-refractivity contribution in [3.8, 4) is 28.7 Å². The van der Waals surface area contributed by atoms with Crippen LogP contribution in [0.25, 0.3) is 0 Å². The third kappa shape index (κ3) is 2.30. The van der Waals surface area contributed by atoms with Crippen LogP contribution >= 0.6 is 0 Å². The Bertz CT molecular complexity index is 747. The standard InChI is InChI=1S/C15H14O6/c16-8-4-11(18)9-6-13(20)15(21-14(9)5-8)7-1-2-10(17)12(19)3-7/h1-5,13,15-20H,6H2/t13-,15?/m1/s1/i15D. The summed E-state index contributed by atoms with van der Waals surface area (Å²) in [5.74, 6) is -1.18. The van der Waals surface area contributed by atoms with Gasteiger partial charge in [0.25, 0.3) is 0 Å². The fraction of sp³-hybridized carbons (Fsp3) is 0.200. The zero-order valence-electron chi connectivity index (χ0n) is 11.8. The third-order valence-corrected chi connectivity index (χ3v) is 3.35. The maximum Gasteiger partial charge on any atom is 0.157 e. The van der Waals surface area contributed by atoms with E-state index in [1.165, 1.54) is 18.2 Å². The number of phenolic OH excluding ortho intramolecular Hbond substituents is 4. The van der Waals surface area contributed by atoms with Crippen LogP contribution in [0.4, 0.5) is 0 Å². The number of aromatic hydroxyl groups is 4. The second-order valence-corrected chi connectivity index (χ2v) is 4.83. The molecular formula is C15H14O6. The number of hydrogen-bond acceptors (Lipinski definition) is 6. The fourth-order valence-electron chi connectivity index (χ4n) is 2.31. The van der Waals surface area contributed by atoms with Crippen molar-refractivity contribution >= 4 is 0 Å². The molecule has 2 aromatic rings. The molecule has 1 aliphatic rings. The summed E-state index contributed by atoms with van der Waals surface area (Å²) in [6.45, 7) is 0. The van der Waals surface area contributed by atoms with Crippen LogP contribution in [0.15, 0.2) is 30.3 Å². The average Bonchev–Trinajstić information content (AvgIpc) is 2.44. The largest absolute Gasteiger partial charge is 0.508 e. The van der Waals surface area contributed by atoms with E-state index >= 15 is 0 Å². The first kappa shape index (κ1) is 12.2. The Morgan fingerprint density at radius 1 is 1.00 bits per heavy atom. The average molecular weight is 291 g/mol. The lowest BCUT2D eigenvalue weighted by atomic mass is 9.94. The summed E-state index contributed by atoms with van der Waals surface area (Å²) in [4.78, 5) is 0. The Labute approximate surface area is 121 Å². The number of ether oxygens (including phenoxy) is 1. The molecule has 110 valence electrons. The quantitative estimate of drug-likeness (QED) is 0.510. The predicted octanol–water partition coefficient (Wildman–Crippen LogP) is 1.55. The van der Waals surface area contributed by atoms with Crippen molar-refractivity contribution in [1.82, 2.24) is 0 Å². The van der Waals surface area contributed by atoms with Gasteiger partial charge in [-0.05, 0) is 17.7 Å². The Kier molecular flexibility index (Phi) is 2.75. The van der Waals surface area contributed by atoms with Crippen molar-refractivity contribution < 1.29 is 31.6 Å². The smallest absolute Gasteiger partial charge is 0.157 e. The van der Waals surface area contributed by atoms with E-state index in [4.69, 9.17) is 6.11 Å². The first-order chi connectivity index (χ1) is 10.3. The van der Waals surface area contributed by atoms with Gasteiger partial charge in [0.05, 0.1) is 7.47 Å². The second-order valence-electron chi connectivity index (χ2n) is 4.83. The molecule has 21 heavy (non-hydrogen) atoms. The number of hydrogen-bond donors (Lipinski definition) is 5. The van der Waals surface area contributed by atoms with E-state index in [9.17, 15) is 25.5 Å². The summed E-state index contributed by atoms with van der Waals surface area (Å²) < 4.78 is 13.9. The number of benzene rings is 2. The molecule has 1 unspecified atom stereocenters. The van der Waals surface area contributed by atoms with Gasteiger partial charge in [0, 0.05) is 24.1 Å². The van der Waals surface area contributed by atoms with Crippen molar-refractivity contribution in [1.29, 1.82) is 0 Å². The van der Waals surface area contributed by atoms with Crippen molar-refractivity contribution in [3.63, 3.8) is 0 Å². The highest BCUT2D eigenvalue weighted by Gasteiger charge is 2.32. The molecule has 0 saturated carbocycles. The molecule has 1 aliphatic heterocycles. The molecule has 2 atom stereocenters. The molecule has 3 rings (SSSR count). The molecule has 0 aromatic heterocycles. The lowest BCUT2D eigenvalue weighted by Crippen LogP contribution is -2.30. The molecule has 2 aromatic carbocycles. The van der Waals surface area contributed by atoms with Crippen molar-refractivity contribution in [2.75, 3.05) is 0 Å². The lowest BCUT2D eigenvalue weighted by Gasteiger charge is -2.31. The molecule has 5 N–H and O–H groups in total. The van der Waals surface area contributed by atoms with Gasteiger partial charge in [-0.3, -0.25) is 0 Å². The first-order valence-electron chi connectivity index (χ1n) is 6.75. The van der Waals surface area contributed by atoms with Crippen LogP contribution in [-0.4, -0.2) is 31.6 Å². The van der Waals surface area contributed by atoms with Gasteiger partial charge in [-0.2, -0.15) is 0 Å². The predicted molar refractivity (Wildman–Crippen MR) is 72.6 cm³/mol. The minimum atomic E-state index is -1.95. The van der Waals surface area contributed by atoms with E-state index in [2.05, 4.69) is 0 Å². The number of aliphatic hydroxyl groups is 1. The number of aliphatic hydroxyl groups excluding tert-OH is 1. The van der Waals surface area contributed by atoms with Gasteiger partial charge in [0.2, 0.25) is 0 Å². The highest BCUT2D eigenvalue weighted by atomic mass is 16.5. The van der Waals surface area contributed by atoms with Crippen LogP contribution < -0.4 is 4.74 Å². The Hall–Kier alpha value is -2.60. The third-order valence-electron chi connectivity index (χ3n) is 3.35. The zero-order valence-corrected chi connectivity index (χ0v) is 10.8. The summed E-state index contributed by atoms with van der Waals surface area (Å²) in [7, 11) is 0. The zero-order chi connectivity index (χ0) is 16.1. The number of fused-ring (bicyclic) bond motifs is 1. The van der Waals surface area contributed by atoms with E-state index in [0.29, 0.717) is 0 Å². The topological polar surface area (TPSA) is 110 Å². The molecule has 0 fully saturated rings. The van der Waals surface area contributed by atoms with Crippen LogP contribution in [0.3, 0.4) is 0 Å². The highest BCUT2D eigenvalue weighted by molar-refractivity contribution is 5.52. The van der Waals surface area contributed by atoms with Gasteiger partial charge in [-0.1, -0.05) is 6.07 Å². The van der Waals surface area contributed by atoms with E-state index in [-0.39, 0.29) is 40.5 Å². The van der Waals surface area contributed by atoms with Crippen molar-refractivity contribution in [3.05, 3.63) is 41.5 Å². The molecule has 0 spiro atoms. The van der Waals surface area contributed by atoms with Crippen molar-refractivity contribution in [2.45, 2.75) is 18.6 Å². The second kappa shape index (κ2) is 4.75. The molecule has 1 heterocycles. The Balaban J connectivity index is 2.09. The van der Waals surface area contributed by atoms with Crippen LogP contribution in [0.1, 0.15) is 18.6 Å². The molecule has 6 nitrogen and oxygen atoms in total. The molecule has 0 radical (unpaired) electrons. The number of rotatable bonds is 1. The van der Waals surface area contributed by atoms with Crippen LogP contribution in [0.5, 0.6) is 28.7 Å². The van der Waals surface area contributed by atoms with Gasteiger partial charge in [-0.25, -0.2) is 0 Å². The molecule has 6 heteroatoms. The van der Waals surface area contributed by atoms with E-state index in [0.717, 1.165) is 12.1 Å².